The number of thiophene rings is 1. The zero-order chi connectivity index (χ0) is 12.5. The molecule has 0 aliphatic heterocycles. The molecule has 100 valence electrons. The molecule has 1 unspecified atom stereocenters. The number of aryl methyl sites for hydroxylation is 1. The molecule has 4 nitrogen and oxygen atoms in total. The Balaban J connectivity index is 0.00000256. The van der Waals surface area contributed by atoms with Crippen LogP contribution in [0.15, 0.2) is 14.7 Å². The van der Waals surface area contributed by atoms with Crippen LogP contribution in [-0.4, -0.2) is 32.4 Å². The van der Waals surface area contributed by atoms with Gasteiger partial charge in [0.15, 0.2) is 0 Å². The summed E-state index contributed by atoms with van der Waals surface area (Å²) in [7, 11) is -1.87. The quantitative estimate of drug-likeness (QED) is 0.892. The number of nitrogens with two attached hydrogens (primary N) is 1. The van der Waals surface area contributed by atoms with Gasteiger partial charge in [0.05, 0.1) is 8.68 Å². The highest BCUT2D eigenvalue weighted by molar-refractivity contribution is 9.11. The van der Waals surface area contributed by atoms with Crippen molar-refractivity contribution in [3.63, 3.8) is 0 Å². The third-order valence-corrected chi connectivity index (χ3v) is 6.24. The van der Waals surface area contributed by atoms with Crippen LogP contribution in [0.25, 0.3) is 0 Å². The van der Waals surface area contributed by atoms with Crippen LogP contribution in [0.4, 0.5) is 0 Å². The second kappa shape index (κ2) is 6.49. The van der Waals surface area contributed by atoms with Crippen molar-refractivity contribution in [2.24, 2.45) is 5.73 Å². The summed E-state index contributed by atoms with van der Waals surface area (Å²) in [6, 6.07) is 1.43. The number of hydrogen-bond donors (Lipinski definition) is 1. The van der Waals surface area contributed by atoms with Gasteiger partial charge in [-0.05, 0) is 35.8 Å². The summed E-state index contributed by atoms with van der Waals surface area (Å²) in [5, 5.41) is 0. The Morgan fingerprint density at radius 1 is 1.59 bits per heavy atom. The lowest BCUT2D eigenvalue weighted by molar-refractivity contribution is 0.394. The molecule has 1 rings (SSSR count). The van der Waals surface area contributed by atoms with Crippen LogP contribution in [0.2, 0.25) is 0 Å². The van der Waals surface area contributed by atoms with E-state index in [1.54, 1.807) is 27.0 Å². The average molecular weight is 364 g/mol. The Morgan fingerprint density at radius 3 is 2.47 bits per heavy atom. The molecule has 1 heterocycles. The van der Waals surface area contributed by atoms with E-state index in [2.05, 4.69) is 15.9 Å². The van der Waals surface area contributed by atoms with Crippen molar-refractivity contribution in [2.45, 2.75) is 24.8 Å². The minimum Gasteiger partial charge on any atom is -0.329 e. The molecule has 0 aromatic carbocycles. The highest BCUT2D eigenvalue weighted by Gasteiger charge is 2.27. The molecule has 0 spiro atoms. The largest absolute Gasteiger partial charge is 0.329 e. The number of sulfonamides is 1. The fourth-order valence-electron chi connectivity index (χ4n) is 1.23. The highest BCUT2D eigenvalue weighted by atomic mass is 79.9. The summed E-state index contributed by atoms with van der Waals surface area (Å²) in [5.41, 5.74) is 5.48. The maximum Gasteiger partial charge on any atom is 0.244 e. The Kier molecular flexibility index (Phi) is 6.62. The van der Waals surface area contributed by atoms with E-state index < -0.39 is 10.0 Å². The summed E-state index contributed by atoms with van der Waals surface area (Å²) >= 11 is 4.70. The van der Waals surface area contributed by atoms with E-state index >= 15 is 0 Å². The van der Waals surface area contributed by atoms with E-state index in [9.17, 15) is 8.42 Å². The molecule has 8 heteroatoms. The van der Waals surface area contributed by atoms with E-state index in [-0.39, 0.29) is 18.4 Å². The van der Waals surface area contributed by atoms with Crippen LogP contribution in [0.1, 0.15) is 11.8 Å². The van der Waals surface area contributed by atoms with Gasteiger partial charge in [-0.1, -0.05) is 0 Å². The molecule has 0 saturated carbocycles. The van der Waals surface area contributed by atoms with Gasteiger partial charge in [-0.25, -0.2) is 8.42 Å². The topological polar surface area (TPSA) is 63.4 Å². The SMILES string of the molecule is Cc1sc(Br)cc1S(=O)(=O)N(C)C(C)CN.Cl. The Hall–Kier alpha value is 0.340. The molecule has 0 bridgehead atoms. The van der Waals surface area contributed by atoms with Gasteiger partial charge in [0.2, 0.25) is 10.0 Å². The van der Waals surface area contributed by atoms with Crippen LogP contribution >= 0.6 is 39.7 Å². The first kappa shape index (κ1) is 17.3. The van der Waals surface area contributed by atoms with Crippen LogP contribution in [-0.2, 0) is 10.0 Å². The molecule has 2 N–H and O–H groups in total. The van der Waals surface area contributed by atoms with Crippen molar-refractivity contribution < 1.29 is 8.42 Å². The lowest BCUT2D eigenvalue weighted by Crippen LogP contribution is -2.39. The van der Waals surface area contributed by atoms with Crippen molar-refractivity contribution in [3.8, 4) is 0 Å². The normalized spacial score (nSPS) is 13.5. The molecule has 1 aromatic heterocycles. The molecular weight excluding hydrogens is 348 g/mol. The molecular formula is C9H16BrClN2O2S2. The molecule has 0 aliphatic carbocycles. The number of likely N-dealkylation sites (N-methyl/N-ethyl adjacent to an activating group) is 1. The van der Waals surface area contributed by atoms with E-state index in [0.29, 0.717) is 11.4 Å². The van der Waals surface area contributed by atoms with Crippen LogP contribution < -0.4 is 5.73 Å². The van der Waals surface area contributed by atoms with Crippen LogP contribution in [0.3, 0.4) is 0 Å². The molecule has 17 heavy (non-hydrogen) atoms. The lowest BCUT2D eigenvalue weighted by Gasteiger charge is -2.22. The van der Waals surface area contributed by atoms with Crippen molar-refractivity contribution in [1.82, 2.24) is 4.31 Å². The summed E-state index contributed by atoms with van der Waals surface area (Å²) in [5.74, 6) is 0. The lowest BCUT2D eigenvalue weighted by atomic mass is 10.4. The minimum absolute atomic E-state index is 0. The van der Waals surface area contributed by atoms with E-state index in [0.717, 1.165) is 8.66 Å². The second-order valence-corrected chi connectivity index (χ2v) is 8.18. The molecule has 0 saturated heterocycles. The number of halogens is 2. The van der Waals surface area contributed by atoms with Gasteiger partial charge >= 0.3 is 0 Å². The molecule has 0 radical (unpaired) electrons. The summed E-state index contributed by atoms with van der Waals surface area (Å²) in [6.07, 6.45) is 0. The molecule has 1 atom stereocenters. The predicted octanol–water partition coefficient (Wildman–Crippen LogP) is 2.21. The fourth-order valence-corrected chi connectivity index (χ4v) is 4.98. The third-order valence-electron chi connectivity index (χ3n) is 2.46. The van der Waals surface area contributed by atoms with Crippen molar-refractivity contribution in [1.29, 1.82) is 0 Å². The van der Waals surface area contributed by atoms with E-state index in [1.165, 1.54) is 15.6 Å². The third kappa shape index (κ3) is 3.65. The zero-order valence-corrected chi connectivity index (χ0v) is 13.8. The van der Waals surface area contributed by atoms with Gasteiger partial charge in [0.1, 0.15) is 0 Å². The first-order valence-corrected chi connectivity index (χ1v) is 7.79. The molecule has 0 fully saturated rings. The van der Waals surface area contributed by atoms with Gasteiger partial charge in [0.25, 0.3) is 0 Å². The van der Waals surface area contributed by atoms with E-state index in [4.69, 9.17) is 5.73 Å². The van der Waals surface area contributed by atoms with Gasteiger partial charge < -0.3 is 5.73 Å². The van der Waals surface area contributed by atoms with Gasteiger partial charge in [0, 0.05) is 24.5 Å². The Morgan fingerprint density at radius 2 is 2.12 bits per heavy atom. The van der Waals surface area contributed by atoms with Crippen molar-refractivity contribution >= 4 is 49.7 Å². The highest BCUT2D eigenvalue weighted by Crippen LogP contribution is 2.31. The molecule has 1 aromatic rings. The summed E-state index contributed by atoms with van der Waals surface area (Å²) < 4.78 is 26.6. The summed E-state index contributed by atoms with van der Waals surface area (Å²) in [6.45, 7) is 3.89. The monoisotopic (exact) mass is 362 g/mol. The predicted molar refractivity (Wildman–Crippen MR) is 77.5 cm³/mol. The summed E-state index contributed by atoms with van der Waals surface area (Å²) in [4.78, 5) is 1.13. The van der Waals surface area contributed by atoms with Crippen LogP contribution in [0, 0.1) is 6.92 Å². The van der Waals surface area contributed by atoms with Gasteiger partial charge in [-0.2, -0.15) is 4.31 Å². The first-order valence-electron chi connectivity index (χ1n) is 4.74. The Labute approximate surface area is 121 Å². The van der Waals surface area contributed by atoms with Crippen molar-refractivity contribution in [2.75, 3.05) is 13.6 Å². The number of rotatable bonds is 4. The zero-order valence-electron chi connectivity index (χ0n) is 9.81. The van der Waals surface area contributed by atoms with E-state index in [1.807, 2.05) is 0 Å². The van der Waals surface area contributed by atoms with Gasteiger partial charge in [-0.15, -0.1) is 23.7 Å². The smallest absolute Gasteiger partial charge is 0.244 e. The standard InChI is InChI=1S/C9H15BrN2O2S2.ClH/c1-6(5-11)12(3)16(13,14)8-4-9(10)15-7(8)2;/h4,6H,5,11H2,1-3H3;1H. The van der Waals surface area contributed by atoms with Crippen LogP contribution in [0.5, 0.6) is 0 Å². The fraction of sp³-hybridized carbons (Fsp3) is 0.556. The first-order chi connectivity index (χ1) is 7.30. The maximum atomic E-state index is 12.2. The number of hydrogen-bond acceptors (Lipinski definition) is 4. The Bertz CT molecular complexity index is 475. The average Bonchev–Trinajstić information content (AvgIpc) is 2.56. The molecule has 0 amide bonds. The van der Waals surface area contributed by atoms with Gasteiger partial charge in [-0.3, -0.25) is 0 Å². The molecule has 0 aliphatic rings. The second-order valence-electron chi connectivity index (χ2n) is 3.58. The maximum absolute atomic E-state index is 12.2. The van der Waals surface area contributed by atoms with Crippen molar-refractivity contribution in [3.05, 3.63) is 14.7 Å². The number of nitrogens with zero attached hydrogens (tertiary/aromatic N) is 1. The minimum atomic E-state index is -3.43.